The fourth-order valence-electron chi connectivity index (χ4n) is 3.28. The van der Waals surface area contributed by atoms with E-state index < -0.39 is 0 Å². The average Bonchev–Trinajstić information content (AvgIpc) is 2.79. The zero-order valence-electron chi connectivity index (χ0n) is 15.8. The lowest BCUT2D eigenvalue weighted by Gasteiger charge is -2.36. The molecule has 29 heavy (non-hydrogen) atoms. The van der Waals surface area contributed by atoms with Crippen molar-refractivity contribution in [1.29, 1.82) is 0 Å². The summed E-state index contributed by atoms with van der Waals surface area (Å²) in [6.45, 7) is 2.67. The molecule has 3 heterocycles. The van der Waals surface area contributed by atoms with Crippen LogP contribution in [0.3, 0.4) is 0 Å². The first kappa shape index (κ1) is 18.8. The molecule has 2 aromatic heterocycles. The highest BCUT2D eigenvalue weighted by atomic mass is 19.1. The molecule has 0 saturated carbocycles. The molecule has 1 fully saturated rings. The lowest BCUT2D eigenvalue weighted by molar-refractivity contribution is 0.0740. The molecule has 3 aromatic rings. The number of benzene rings is 1. The lowest BCUT2D eigenvalue weighted by atomic mass is 10.2. The molecule has 7 nitrogen and oxygen atoms in total. The van der Waals surface area contributed by atoms with Gasteiger partial charge < -0.3 is 15.1 Å². The summed E-state index contributed by atoms with van der Waals surface area (Å²) in [4.78, 5) is 29.1. The van der Waals surface area contributed by atoms with Gasteiger partial charge in [0, 0.05) is 38.4 Å². The van der Waals surface area contributed by atoms with Gasteiger partial charge in [-0.2, -0.15) is 0 Å². The Morgan fingerprint density at radius 2 is 1.79 bits per heavy atom. The highest BCUT2D eigenvalue weighted by Gasteiger charge is 2.24. The van der Waals surface area contributed by atoms with Crippen LogP contribution < -0.4 is 10.2 Å². The number of aromatic nitrogens is 3. The van der Waals surface area contributed by atoms with Crippen LogP contribution in [0.4, 0.5) is 15.9 Å². The van der Waals surface area contributed by atoms with Crippen LogP contribution in [-0.4, -0.2) is 51.9 Å². The zero-order valence-corrected chi connectivity index (χ0v) is 15.8. The number of anilines is 2. The number of rotatable bonds is 5. The number of amides is 1. The molecule has 1 N–H and O–H groups in total. The SMILES string of the molecule is O=C(c1cc(NCc2ccccn2)ncn1)N1CCN(c2ccccc2F)CC1. The first-order valence-corrected chi connectivity index (χ1v) is 9.45. The van der Waals surface area contributed by atoms with Gasteiger partial charge in [0.1, 0.15) is 23.7 Å². The van der Waals surface area contributed by atoms with Crippen LogP contribution in [-0.2, 0) is 6.54 Å². The van der Waals surface area contributed by atoms with Crippen molar-refractivity contribution >= 4 is 17.4 Å². The molecule has 0 bridgehead atoms. The molecule has 4 rings (SSSR count). The summed E-state index contributed by atoms with van der Waals surface area (Å²) in [5.74, 6) is 0.173. The number of carbonyl (C=O) groups is 1. The van der Waals surface area contributed by atoms with E-state index in [9.17, 15) is 9.18 Å². The smallest absolute Gasteiger partial charge is 0.272 e. The van der Waals surface area contributed by atoms with Gasteiger partial charge in [0.15, 0.2) is 0 Å². The van der Waals surface area contributed by atoms with Gasteiger partial charge in [0.05, 0.1) is 17.9 Å². The maximum Gasteiger partial charge on any atom is 0.272 e. The number of hydrogen-bond donors (Lipinski definition) is 1. The Kier molecular flexibility index (Phi) is 5.60. The van der Waals surface area contributed by atoms with E-state index in [1.54, 1.807) is 29.3 Å². The summed E-state index contributed by atoms with van der Waals surface area (Å²) in [5.41, 5.74) is 1.79. The van der Waals surface area contributed by atoms with E-state index in [0.717, 1.165) is 5.69 Å². The van der Waals surface area contributed by atoms with Crippen molar-refractivity contribution in [2.24, 2.45) is 0 Å². The van der Waals surface area contributed by atoms with Crippen LogP contribution in [0.2, 0.25) is 0 Å². The summed E-state index contributed by atoms with van der Waals surface area (Å²) in [7, 11) is 0. The minimum atomic E-state index is -0.244. The van der Waals surface area contributed by atoms with Gasteiger partial charge in [-0.05, 0) is 24.3 Å². The summed E-state index contributed by atoms with van der Waals surface area (Å²) in [6, 6.07) is 14.0. The van der Waals surface area contributed by atoms with E-state index in [0.29, 0.717) is 49.9 Å². The molecule has 1 amide bonds. The second kappa shape index (κ2) is 8.64. The number of para-hydroxylation sites is 1. The van der Waals surface area contributed by atoms with Crippen molar-refractivity contribution in [3.05, 3.63) is 78.3 Å². The normalized spacial score (nSPS) is 14.0. The van der Waals surface area contributed by atoms with Crippen molar-refractivity contribution in [2.45, 2.75) is 6.54 Å². The zero-order chi connectivity index (χ0) is 20.1. The molecule has 1 saturated heterocycles. The van der Waals surface area contributed by atoms with Crippen LogP contribution in [0.15, 0.2) is 61.1 Å². The van der Waals surface area contributed by atoms with Crippen LogP contribution in [0.5, 0.6) is 0 Å². The van der Waals surface area contributed by atoms with Crippen LogP contribution in [0.25, 0.3) is 0 Å². The van der Waals surface area contributed by atoms with Gasteiger partial charge in [-0.1, -0.05) is 18.2 Å². The summed E-state index contributed by atoms with van der Waals surface area (Å²) < 4.78 is 14.0. The Morgan fingerprint density at radius 3 is 2.55 bits per heavy atom. The first-order valence-electron chi connectivity index (χ1n) is 9.45. The quantitative estimate of drug-likeness (QED) is 0.720. The standard InChI is InChI=1S/C21H21FN6O/c22-17-6-1-2-7-19(17)27-9-11-28(12-10-27)21(29)18-13-20(26-15-25-18)24-14-16-5-3-4-8-23-16/h1-8,13,15H,9-12,14H2,(H,24,25,26). The third kappa shape index (κ3) is 4.48. The van der Waals surface area contributed by atoms with E-state index in [1.165, 1.54) is 12.4 Å². The fourth-order valence-corrected chi connectivity index (χ4v) is 3.28. The summed E-state index contributed by atoms with van der Waals surface area (Å²) >= 11 is 0. The Morgan fingerprint density at radius 1 is 1.00 bits per heavy atom. The Balaban J connectivity index is 1.37. The number of piperazine rings is 1. The monoisotopic (exact) mass is 392 g/mol. The fraction of sp³-hybridized carbons (Fsp3) is 0.238. The summed E-state index contributed by atoms with van der Waals surface area (Å²) in [6.07, 6.45) is 3.11. The molecule has 8 heteroatoms. The molecule has 0 spiro atoms. The predicted octanol–water partition coefficient (Wildman–Crippen LogP) is 2.59. The molecular weight excluding hydrogens is 371 g/mol. The number of nitrogens with one attached hydrogen (secondary N) is 1. The molecule has 0 aliphatic carbocycles. The lowest BCUT2D eigenvalue weighted by Crippen LogP contribution is -2.49. The second-order valence-corrected chi connectivity index (χ2v) is 6.69. The van der Waals surface area contributed by atoms with Crippen LogP contribution >= 0.6 is 0 Å². The van der Waals surface area contributed by atoms with Gasteiger partial charge in [0.2, 0.25) is 0 Å². The number of pyridine rings is 1. The molecular formula is C21H21FN6O. The third-order valence-corrected chi connectivity index (χ3v) is 4.82. The van der Waals surface area contributed by atoms with E-state index in [4.69, 9.17) is 0 Å². The average molecular weight is 392 g/mol. The molecule has 148 valence electrons. The van der Waals surface area contributed by atoms with Crippen molar-refractivity contribution in [2.75, 3.05) is 36.4 Å². The van der Waals surface area contributed by atoms with E-state index in [1.807, 2.05) is 29.2 Å². The Labute approximate surface area is 168 Å². The van der Waals surface area contributed by atoms with Gasteiger partial charge in [-0.15, -0.1) is 0 Å². The largest absolute Gasteiger partial charge is 0.366 e. The van der Waals surface area contributed by atoms with Gasteiger partial charge in [-0.25, -0.2) is 14.4 Å². The number of nitrogens with zero attached hydrogens (tertiary/aromatic N) is 5. The highest BCUT2D eigenvalue weighted by Crippen LogP contribution is 2.20. The molecule has 0 unspecified atom stereocenters. The van der Waals surface area contributed by atoms with Crippen LogP contribution in [0, 0.1) is 5.82 Å². The van der Waals surface area contributed by atoms with E-state index >= 15 is 0 Å². The third-order valence-electron chi connectivity index (χ3n) is 4.82. The molecule has 0 atom stereocenters. The molecule has 1 aliphatic heterocycles. The van der Waals surface area contributed by atoms with Crippen LogP contribution in [0.1, 0.15) is 16.2 Å². The minimum absolute atomic E-state index is 0.151. The Bertz CT molecular complexity index is 976. The Hall–Kier alpha value is -3.55. The van der Waals surface area contributed by atoms with Gasteiger partial charge in [0.25, 0.3) is 5.91 Å². The number of carbonyl (C=O) groups excluding carboxylic acids is 1. The predicted molar refractivity (Wildman–Crippen MR) is 108 cm³/mol. The van der Waals surface area contributed by atoms with E-state index in [2.05, 4.69) is 20.3 Å². The summed E-state index contributed by atoms with van der Waals surface area (Å²) in [5, 5.41) is 3.16. The van der Waals surface area contributed by atoms with Crippen molar-refractivity contribution in [1.82, 2.24) is 19.9 Å². The number of halogens is 1. The van der Waals surface area contributed by atoms with E-state index in [-0.39, 0.29) is 11.7 Å². The second-order valence-electron chi connectivity index (χ2n) is 6.69. The topological polar surface area (TPSA) is 74.2 Å². The maximum atomic E-state index is 14.0. The van der Waals surface area contributed by atoms with Gasteiger partial charge >= 0.3 is 0 Å². The molecule has 0 radical (unpaired) electrons. The van der Waals surface area contributed by atoms with Crippen molar-refractivity contribution < 1.29 is 9.18 Å². The maximum absolute atomic E-state index is 14.0. The first-order chi connectivity index (χ1) is 14.2. The molecule has 1 aliphatic rings. The van der Waals surface area contributed by atoms with Crippen molar-refractivity contribution in [3.63, 3.8) is 0 Å². The molecule has 1 aromatic carbocycles. The number of hydrogen-bond acceptors (Lipinski definition) is 6. The van der Waals surface area contributed by atoms with Crippen molar-refractivity contribution in [3.8, 4) is 0 Å². The minimum Gasteiger partial charge on any atom is -0.366 e. The van der Waals surface area contributed by atoms with Gasteiger partial charge in [-0.3, -0.25) is 9.78 Å². The highest BCUT2D eigenvalue weighted by molar-refractivity contribution is 5.93.